The molecule has 0 saturated heterocycles. The molecule has 2 heteroatoms. The van der Waals surface area contributed by atoms with E-state index in [9.17, 15) is 0 Å². The van der Waals surface area contributed by atoms with Gasteiger partial charge in [-0.05, 0) is 11.1 Å². The summed E-state index contributed by atoms with van der Waals surface area (Å²) in [6.45, 7) is 0. The van der Waals surface area contributed by atoms with Crippen molar-refractivity contribution in [3.05, 3.63) is 126 Å². The third kappa shape index (κ3) is 3.74. The standard InChI is InChI=1S/C29H20OS/c31-29-25(21-13-5-1-6-14-21)27(23-17-9-3-10-18-23)30-28(24-19-11-4-12-20-24)26(29)22-15-7-2-8-16-22/h1-20H. The van der Waals surface area contributed by atoms with Crippen LogP contribution in [0.2, 0.25) is 0 Å². The molecule has 1 aromatic heterocycles. The highest BCUT2D eigenvalue weighted by Crippen LogP contribution is 2.43. The zero-order chi connectivity index (χ0) is 21.0. The minimum absolute atomic E-state index is 0.787. The van der Waals surface area contributed by atoms with Gasteiger partial charge in [0, 0.05) is 22.3 Å². The number of benzene rings is 4. The van der Waals surface area contributed by atoms with Crippen molar-refractivity contribution in [2.24, 2.45) is 0 Å². The topological polar surface area (TPSA) is 13.1 Å². The molecule has 148 valence electrons. The molecule has 0 N–H and O–H groups in total. The Morgan fingerprint density at radius 1 is 0.387 bits per heavy atom. The Hall–Kier alpha value is -3.75. The van der Waals surface area contributed by atoms with Crippen LogP contribution in [-0.4, -0.2) is 0 Å². The monoisotopic (exact) mass is 416 g/mol. The molecule has 0 bridgehead atoms. The maximum atomic E-state index is 6.73. The number of hydrogen-bond donors (Lipinski definition) is 0. The molecule has 0 aliphatic carbocycles. The lowest BCUT2D eigenvalue weighted by Gasteiger charge is -2.17. The van der Waals surface area contributed by atoms with Crippen molar-refractivity contribution in [3.8, 4) is 44.9 Å². The second-order valence-electron chi connectivity index (χ2n) is 7.30. The molecule has 0 radical (unpaired) electrons. The van der Waals surface area contributed by atoms with Crippen LogP contribution in [0.4, 0.5) is 0 Å². The van der Waals surface area contributed by atoms with Crippen LogP contribution < -0.4 is 0 Å². The van der Waals surface area contributed by atoms with Gasteiger partial charge in [0.25, 0.3) is 0 Å². The van der Waals surface area contributed by atoms with Gasteiger partial charge in [0.1, 0.15) is 11.5 Å². The van der Waals surface area contributed by atoms with Crippen molar-refractivity contribution >= 4 is 12.2 Å². The van der Waals surface area contributed by atoms with E-state index in [0.29, 0.717) is 0 Å². The van der Waals surface area contributed by atoms with Crippen LogP contribution in [0.1, 0.15) is 0 Å². The molecule has 0 fully saturated rings. The maximum absolute atomic E-state index is 6.73. The summed E-state index contributed by atoms with van der Waals surface area (Å²) >= 11 is 6.17. The van der Waals surface area contributed by atoms with Crippen molar-refractivity contribution < 1.29 is 4.42 Å². The molecule has 1 nitrogen and oxygen atoms in total. The number of hydrogen-bond acceptors (Lipinski definition) is 2. The molecular weight excluding hydrogens is 396 g/mol. The highest BCUT2D eigenvalue weighted by Gasteiger charge is 2.21. The first-order valence-electron chi connectivity index (χ1n) is 10.3. The van der Waals surface area contributed by atoms with Gasteiger partial charge in [-0.1, -0.05) is 134 Å². The highest BCUT2D eigenvalue weighted by molar-refractivity contribution is 7.71. The largest absolute Gasteiger partial charge is 0.455 e. The molecule has 0 amide bonds. The highest BCUT2D eigenvalue weighted by atomic mass is 32.1. The minimum Gasteiger partial charge on any atom is -0.455 e. The van der Waals surface area contributed by atoms with Gasteiger partial charge in [-0.25, -0.2) is 0 Å². The van der Waals surface area contributed by atoms with Crippen LogP contribution in [0.25, 0.3) is 44.9 Å². The summed E-state index contributed by atoms with van der Waals surface area (Å²) in [5.41, 5.74) is 5.99. The minimum atomic E-state index is 0.787. The van der Waals surface area contributed by atoms with Crippen LogP contribution in [0.3, 0.4) is 0 Å². The average molecular weight is 417 g/mol. The van der Waals surface area contributed by atoms with E-state index < -0.39 is 0 Å². The first-order chi connectivity index (χ1) is 15.3. The molecule has 0 unspecified atom stereocenters. The molecule has 4 aromatic carbocycles. The predicted molar refractivity (Wildman–Crippen MR) is 131 cm³/mol. The molecule has 0 aliphatic heterocycles. The van der Waals surface area contributed by atoms with E-state index in [1.54, 1.807) is 0 Å². The second kappa shape index (κ2) is 8.55. The third-order valence-corrected chi connectivity index (χ3v) is 5.72. The zero-order valence-corrected chi connectivity index (χ0v) is 17.7. The molecular formula is C29H20OS. The Bertz CT molecular complexity index is 1250. The first kappa shape index (κ1) is 19.2. The summed E-state index contributed by atoms with van der Waals surface area (Å²) < 4.78 is 7.53. The van der Waals surface area contributed by atoms with E-state index in [0.717, 1.165) is 49.4 Å². The molecule has 5 aromatic rings. The van der Waals surface area contributed by atoms with Crippen LogP contribution in [0.15, 0.2) is 126 Å². The van der Waals surface area contributed by atoms with Crippen molar-refractivity contribution in [1.82, 2.24) is 0 Å². The van der Waals surface area contributed by atoms with Crippen molar-refractivity contribution in [3.63, 3.8) is 0 Å². The molecule has 5 rings (SSSR count). The molecule has 0 saturated carbocycles. The third-order valence-electron chi connectivity index (χ3n) is 5.31. The van der Waals surface area contributed by atoms with Gasteiger partial charge in [0.05, 0.1) is 4.51 Å². The SMILES string of the molecule is S=c1c(-c2ccccc2)c(-c2ccccc2)oc(-c2ccccc2)c1-c1ccccc1. The molecule has 0 spiro atoms. The van der Waals surface area contributed by atoms with Crippen LogP contribution in [0.5, 0.6) is 0 Å². The van der Waals surface area contributed by atoms with Gasteiger partial charge < -0.3 is 4.42 Å². The first-order valence-corrected chi connectivity index (χ1v) is 10.7. The fourth-order valence-electron chi connectivity index (χ4n) is 3.85. The van der Waals surface area contributed by atoms with Crippen molar-refractivity contribution in [1.29, 1.82) is 0 Å². The van der Waals surface area contributed by atoms with Gasteiger partial charge in [0.15, 0.2) is 0 Å². The molecule has 1 heterocycles. The Morgan fingerprint density at radius 3 is 1.00 bits per heavy atom. The van der Waals surface area contributed by atoms with Gasteiger partial charge in [-0.15, -0.1) is 0 Å². The lowest BCUT2D eigenvalue weighted by Crippen LogP contribution is -1.94. The summed E-state index contributed by atoms with van der Waals surface area (Å²) in [7, 11) is 0. The van der Waals surface area contributed by atoms with Gasteiger partial charge in [-0.2, -0.15) is 0 Å². The van der Waals surface area contributed by atoms with Gasteiger partial charge in [0.2, 0.25) is 0 Å². The normalized spacial score (nSPS) is 10.7. The van der Waals surface area contributed by atoms with Crippen LogP contribution >= 0.6 is 12.2 Å². The van der Waals surface area contributed by atoms with Crippen LogP contribution in [-0.2, 0) is 0 Å². The smallest absolute Gasteiger partial charge is 0.144 e. The van der Waals surface area contributed by atoms with E-state index in [1.807, 2.05) is 72.8 Å². The fraction of sp³-hybridized carbons (Fsp3) is 0. The second-order valence-corrected chi connectivity index (χ2v) is 7.71. The number of rotatable bonds is 4. The van der Waals surface area contributed by atoms with Gasteiger partial charge in [-0.3, -0.25) is 0 Å². The molecule has 0 aliphatic rings. The van der Waals surface area contributed by atoms with E-state index in [2.05, 4.69) is 48.5 Å². The van der Waals surface area contributed by atoms with E-state index in [4.69, 9.17) is 16.6 Å². The lowest BCUT2D eigenvalue weighted by atomic mass is 9.93. The fourth-order valence-corrected chi connectivity index (χ4v) is 4.28. The Labute approximate surface area is 187 Å². The Morgan fingerprint density at radius 2 is 0.677 bits per heavy atom. The predicted octanol–water partition coefficient (Wildman–Crippen LogP) is 8.68. The summed E-state index contributed by atoms with van der Waals surface area (Å²) in [4.78, 5) is 0. The van der Waals surface area contributed by atoms with E-state index >= 15 is 0 Å². The van der Waals surface area contributed by atoms with E-state index in [1.165, 1.54) is 0 Å². The summed E-state index contributed by atoms with van der Waals surface area (Å²) in [6, 6.07) is 40.9. The average Bonchev–Trinajstić information content (AvgIpc) is 2.85. The summed E-state index contributed by atoms with van der Waals surface area (Å²) in [5, 5.41) is 0. The van der Waals surface area contributed by atoms with E-state index in [-0.39, 0.29) is 0 Å². The van der Waals surface area contributed by atoms with Crippen molar-refractivity contribution in [2.45, 2.75) is 0 Å². The quantitative estimate of drug-likeness (QED) is 0.272. The Kier molecular flexibility index (Phi) is 5.30. The lowest BCUT2D eigenvalue weighted by molar-refractivity contribution is 0.584. The molecule has 0 atom stereocenters. The van der Waals surface area contributed by atoms with Crippen molar-refractivity contribution in [2.75, 3.05) is 0 Å². The van der Waals surface area contributed by atoms with Crippen LogP contribution in [0, 0.1) is 4.51 Å². The summed E-state index contributed by atoms with van der Waals surface area (Å²) in [6.07, 6.45) is 0. The Balaban J connectivity index is 1.92. The zero-order valence-electron chi connectivity index (χ0n) is 16.9. The van der Waals surface area contributed by atoms with Gasteiger partial charge >= 0.3 is 0 Å². The molecule has 31 heavy (non-hydrogen) atoms. The summed E-state index contributed by atoms with van der Waals surface area (Å²) in [5.74, 6) is 1.57. The maximum Gasteiger partial charge on any atom is 0.144 e.